The van der Waals surface area contributed by atoms with E-state index in [-0.39, 0.29) is 5.92 Å². The summed E-state index contributed by atoms with van der Waals surface area (Å²) in [5.41, 5.74) is 8.13. The number of rotatable bonds is 4. The van der Waals surface area contributed by atoms with Crippen LogP contribution in [-0.2, 0) is 6.42 Å². The highest BCUT2D eigenvalue weighted by Crippen LogP contribution is 2.44. The molecule has 0 aliphatic heterocycles. The molecule has 5 nitrogen and oxygen atoms in total. The lowest BCUT2D eigenvalue weighted by molar-refractivity contribution is 0.548. The topological polar surface area (TPSA) is 65.0 Å². The fraction of sp³-hybridized carbons (Fsp3) is 0.0889. The number of hydrogen-bond donors (Lipinski definition) is 0. The third-order valence-electron chi connectivity index (χ3n) is 10.4. The molecule has 0 spiro atoms. The van der Waals surface area contributed by atoms with Gasteiger partial charge in [0, 0.05) is 65.4 Å². The number of hydrogen-bond acceptors (Lipinski definition) is 6. The van der Waals surface area contributed by atoms with Crippen molar-refractivity contribution in [3.63, 3.8) is 0 Å². The second-order valence-corrected chi connectivity index (χ2v) is 14.5. The van der Waals surface area contributed by atoms with Crippen LogP contribution in [0.2, 0.25) is 0 Å². The van der Waals surface area contributed by atoms with Gasteiger partial charge in [0.25, 0.3) is 0 Å². The molecule has 51 heavy (non-hydrogen) atoms. The molecule has 9 aromatic rings. The Morgan fingerprint density at radius 1 is 0.608 bits per heavy atom. The van der Waals surface area contributed by atoms with Gasteiger partial charge in [-0.1, -0.05) is 97.1 Å². The fourth-order valence-corrected chi connectivity index (χ4v) is 9.08. The maximum atomic E-state index is 6.57. The molecule has 0 fully saturated rings. The van der Waals surface area contributed by atoms with Crippen LogP contribution in [0.5, 0.6) is 0 Å². The monoisotopic (exact) mass is 675 g/mol. The zero-order valence-corrected chi connectivity index (χ0v) is 28.3. The summed E-state index contributed by atoms with van der Waals surface area (Å²) in [5, 5.41) is 5.79. The molecule has 0 bridgehead atoms. The van der Waals surface area contributed by atoms with E-state index >= 15 is 0 Å². The normalized spacial score (nSPS) is 15.8. The number of nitrogens with zero attached hydrogens (tertiary/aromatic N) is 3. The first-order chi connectivity index (χ1) is 25.2. The van der Waals surface area contributed by atoms with E-state index in [4.69, 9.17) is 23.8 Å². The average molecular weight is 676 g/mol. The smallest absolute Gasteiger partial charge is 0.164 e. The van der Waals surface area contributed by atoms with Crippen molar-refractivity contribution >= 4 is 76.1 Å². The van der Waals surface area contributed by atoms with Crippen molar-refractivity contribution in [2.24, 2.45) is 0 Å². The Morgan fingerprint density at radius 2 is 1.37 bits per heavy atom. The van der Waals surface area contributed by atoms with Gasteiger partial charge in [-0.05, 0) is 60.4 Å². The third-order valence-corrected chi connectivity index (χ3v) is 11.5. The lowest BCUT2D eigenvalue weighted by Crippen LogP contribution is -2.08. The Kier molecular flexibility index (Phi) is 6.31. The Balaban J connectivity index is 1.12. The molecular formula is C45H29N3O2S. The van der Waals surface area contributed by atoms with Crippen molar-refractivity contribution in [1.82, 2.24) is 15.0 Å². The summed E-state index contributed by atoms with van der Waals surface area (Å²) in [7, 11) is 0. The minimum atomic E-state index is 0.0609. The number of benzene rings is 5. The highest BCUT2D eigenvalue weighted by atomic mass is 32.1. The third kappa shape index (κ3) is 4.56. The van der Waals surface area contributed by atoms with E-state index in [1.54, 1.807) is 11.3 Å². The number of aryl methyl sites for hydroxylation is 1. The molecule has 0 saturated heterocycles. The van der Waals surface area contributed by atoms with E-state index in [0.717, 1.165) is 74.9 Å². The van der Waals surface area contributed by atoms with Gasteiger partial charge in [-0.2, -0.15) is 0 Å². The van der Waals surface area contributed by atoms with Crippen LogP contribution in [0.15, 0.2) is 136 Å². The molecule has 0 saturated carbocycles. The number of fused-ring (bicyclic) bond motifs is 9. The summed E-state index contributed by atoms with van der Waals surface area (Å²) >= 11 is 1.80. The Labute approximate surface area is 296 Å². The predicted molar refractivity (Wildman–Crippen MR) is 209 cm³/mol. The fourth-order valence-electron chi connectivity index (χ4n) is 7.93. The van der Waals surface area contributed by atoms with Crippen LogP contribution in [0.25, 0.3) is 87.5 Å². The summed E-state index contributed by atoms with van der Waals surface area (Å²) in [5.74, 6) is 3.21. The summed E-state index contributed by atoms with van der Waals surface area (Å²) in [4.78, 5) is 15.6. The molecule has 5 aromatic carbocycles. The second-order valence-electron chi connectivity index (χ2n) is 13.4. The minimum Gasteiger partial charge on any atom is -0.460 e. The summed E-state index contributed by atoms with van der Waals surface area (Å²) < 4.78 is 15.3. The van der Waals surface area contributed by atoms with Crippen molar-refractivity contribution in [3.05, 3.63) is 150 Å². The van der Waals surface area contributed by atoms with Crippen LogP contribution in [0.1, 0.15) is 41.5 Å². The van der Waals surface area contributed by atoms with Crippen LogP contribution in [0.4, 0.5) is 0 Å². The van der Waals surface area contributed by atoms with E-state index in [2.05, 4.69) is 115 Å². The van der Waals surface area contributed by atoms with Gasteiger partial charge in [0.05, 0.1) is 0 Å². The van der Waals surface area contributed by atoms with Crippen molar-refractivity contribution < 1.29 is 8.83 Å². The summed E-state index contributed by atoms with van der Waals surface area (Å²) in [6.07, 6.45) is 13.4. The van der Waals surface area contributed by atoms with E-state index in [1.807, 2.05) is 18.2 Å². The number of allylic oxidation sites excluding steroid dienone is 5. The van der Waals surface area contributed by atoms with Crippen molar-refractivity contribution in [2.45, 2.75) is 25.2 Å². The van der Waals surface area contributed by atoms with Gasteiger partial charge in [-0.15, -0.1) is 11.3 Å². The highest BCUT2D eigenvalue weighted by Gasteiger charge is 2.24. The molecule has 1 unspecified atom stereocenters. The van der Waals surface area contributed by atoms with Crippen LogP contribution < -0.4 is 0 Å². The Bertz CT molecular complexity index is 2970. The molecular weight excluding hydrogens is 647 g/mol. The van der Waals surface area contributed by atoms with Gasteiger partial charge in [-0.25, -0.2) is 15.0 Å². The quantitative estimate of drug-likeness (QED) is 0.186. The first-order valence-electron chi connectivity index (χ1n) is 17.4. The predicted octanol–water partition coefficient (Wildman–Crippen LogP) is 12.3. The van der Waals surface area contributed by atoms with Crippen molar-refractivity contribution in [3.8, 4) is 22.8 Å². The SMILES string of the molecule is C1=CCC(c2nc(-c3ccc4c(c3)sc3ccccc34)nc(-c3cccc4oc5cccc(C6=Cc7c(oc8ccccc78)CC6)c5c34)n2)C=C1. The summed E-state index contributed by atoms with van der Waals surface area (Å²) in [6.45, 7) is 0. The van der Waals surface area contributed by atoms with Crippen LogP contribution in [-0.4, -0.2) is 15.0 Å². The van der Waals surface area contributed by atoms with Gasteiger partial charge < -0.3 is 8.83 Å². The molecule has 6 heteroatoms. The van der Waals surface area contributed by atoms with Crippen molar-refractivity contribution in [1.29, 1.82) is 0 Å². The first kappa shape index (κ1) is 28.7. The van der Waals surface area contributed by atoms with E-state index in [0.29, 0.717) is 11.6 Å². The van der Waals surface area contributed by atoms with Crippen LogP contribution in [0.3, 0.4) is 0 Å². The minimum absolute atomic E-state index is 0.0609. The molecule has 1 atom stereocenters. The molecule has 2 aliphatic carbocycles. The molecule has 242 valence electrons. The van der Waals surface area contributed by atoms with Gasteiger partial charge >= 0.3 is 0 Å². The highest BCUT2D eigenvalue weighted by molar-refractivity contribution is 7.25. The van der Waals surface area contributed by atoms with Gasteiger partial charge in [0.15, 0.2) is 11.6 Å². The zero-order valence-electron chi connectivity index (χ0n) is 27.5. The van der Waals surface area contributed by atoms with Gasteiger partial charge in [-0.3, -0.25) is 0 Å². The van der Waals surface area contributed by atoms with E-state index in [9.17, 15) is 0 Å². The molecule has 4 aromatic heterocycles. The number of furan rings is 2. The average Bonchev–Trinajstić information content (AvgIpc) is 3.88. The molecule has 4 heterocycles. The lowest BCUT2D eigenvalue weighted by atomic mass is 9.89. The molecule has 2 aliphatic rings. The molecule has 0 radical (unpaired) electrons. The number of aromatic nitrogens is 3. The maximum Gasteiger partial charge on any atom is 0.164 e. The Morgan fingerprint density at radius 3 is 2.25 bits per heavy atom. The van der Waals surface area contributed by atoms with Gasteiger partial charge in [0.2, 0.25) is 0 Å². The van der Waals surface area contributed by atoms with E-state index < -0.39 is 0 Å². The van der Waals surface area contributed by atoms with E-state index in [1.165, 1.54) is 36.9 Å². The zero-order chi connectivity index (χ0) is 33.5. The number of thiophene rings is 1. The Hall–Kier alpha value is -6.11. The van der Waals surface area contributed by atoms with Crippen molar-refractivity contribution in [2.75, 3.05) is 0 Å². The first-order valence-corrected chi connectivity index (χ1v) is 18.2. The van der Waals surface area contributed by atoms with Crippen LogP contribution in [0, 0.1) is 0 Å². The summed E-state index contributed by atoms with van der Waals surface area (Å²) in [6, 6.07) is 36.1. The largest absolute Gasteiger partial charge is 0.460 e. The standard InChI is InChI=1S/C45H29N3O2S/c1-2-10-26(11-3-1)43-46-44(28-20-22-32-31-13-5-7-19-39(31)51-40(32)25-28)48-45(47-43)33-15-9-18-38-42(33)41-29(14-8-17-37(41)50-38)27-21-23-36-34(24-27)30-12-4-6-16-35(30)49-36/h1-10,12-20,22,24-26H,11,21,23H2. The van der Waals surface area contributed by atoms with Crippen LogP contribution >= 0.6 is 11.3 Å². The number of para-hydroxylation sites is 1. The molecule has 11 rings (SSSR count). The maximum absolute atomic E-state index is 6.57. The second kappa shape index (κ2) is 11.2. The molecule has 0 N–H and O–H groups in total. The van der Waals surface area contributed by atoms with Gasteiger partial charge in [0.1, 0.15) is 28.3 Å². The lowest BCUT2D eigenvalue weighted by Gasteiger charge is -2.16. The molecule has 0 amide bonds.